The van der Waals surface area contributed by atoms with Crippen molar-refractivity contribution in [1.82, 2.24) is 55.6 Å². The van der Waals surface area contributed by atoms with Gasteiger partial charge in [0.1, 0.15) is 60.4 Å². The monoisotopic (exact) mass is 1360 g/mol. The van der Waals surface area contributed by atoms with Crippen molar-refractivity contribution in [3.05, 3.63) is 12.2 Å². The Hall–Kier alpha value is -5.70. The number of aliphatic hydroxyl groups is 3. The Morgan fingerprint density at radius 1 is 0.537 bits per heavy atom. The van der Waals surface area contributed by atoms with Gasteiger partial charge in [0.2, 0.25) is 59.1 Å². The van der Waals surface area contributed by atoms with Crippen LogP contribution in [0.15, 0.2) is 12.2 Å². The Labute approximate surface area is 573 Å². The van der Waals surface area contributed by atoms with Crippen molar-refractivity contribution in [3.63, 3.8) is 0 Å². The summed E-state index contributed by atoms with van der Waals surface area (Å²) in [5.74, 6) is -9.22. The van der Waals surface area contributed by atoms with Crippen molar-refractivity contribution >= 4 is 76.6 Å². The summed E-state index contributed by atoms with van der Waals surface area (Å²) in [5.41, 5.74) is -1.50. The predicted molar refractivity (Wildman–Crippen MR) is 372 cm³/mol. The molecular weight excluding hydrogens is 1240 g/mol. The molecule has 10 amide bonds. The molecule has 0 aliphatic carbocycles. The molecule has 1 aliphatic rings. The zero-order valence-electron chi connectivity index (χ0n) is 62.1. The lowest BCUT2D eigenvalue weighted by molar-refractivity contribution is -0.157. The topological polar surface area (TPSA) is 319 Å². The molecule has 0 spiro atoms. The molecule has 13 atom stereocenters. The lowest BCUT2D eigenvalue weighted by atomic mass is 9.91. The molecule has 0 aromatic carbocycles. The van der Waals surface area contributed by atoms with E-state index in [1.807, 2.05) is 41.5 Å². The summed E-state index contributed by atoms with van der Waals surface area (Å²) in [6.45, 7) is 28.6. The van der Waals surface area contributed by atoms with Crippen LogP contribution in [0, 0.1) is 35.5 Å². The number of carbonyl (C=O) groups excluding carboxylic acids is 11. The number of likely N-dealkylation sites (N-methyl/N-ethyl adjacent to an activating group) is 7. The quantitative estimate of drug-likeness (QED) is 0.0601. The fraction of sp³-hybridized carbons (Fsp3) is 0.812. The standard InChI is InChI=1S/C69H125N11O14S/c1-25-27-31-45(13)58(83)57-62(87)72-48(26-2)64(89)78(22)53(39-95-33-30-28-29-32-81)54(82)38-74(18)52(37-69(16,17)94)61(86)73-55(43(9)10)67(92)75(19)49(34-40(3)4)60(85)70-46(14)59(84)71-47(15)63(88)76(20)50(35-41(5)6)65(90)77(21)51(36-42(7)8)66(91)79(23)56(44(11)12)68(93)80(57)24/h25,27,40-53,55-58,81,83,94H,26,28-39H2,1-24H3,(H,70,85)(H,71,84)(H,72,87)(H,73,86)/t45-,46+,47-,48+,49+,50+,51+,52+,53-,55+,56+,57+,58-/m1/s1. The third-order valence-electron chi connectivity index (χ3n) is 17.8. The van der Waals surface area contributed by atoms with E-state index in [1.165, 1.54) is 118 Å². The Kier molecular flexibility index (Phi) is 37.6. The number of Topliss-reactive ketones (excluding diaryl/α,β-unsaturated/α-hetero) is 1. The van der Waals surface area contributed by atoms with E-state index in [4.69, 9.17) is 0 Å². The van der Waals surface area contributed by atoms with Gasteiger partial charge in [-0.3, -0.25) is 57.6 Å². The SMILES string of the molecule is CC=CC[C@@H](C)[C@@H](O)[C@H]1C(=O)N[C@@H](CC)C(=O)N(C)[C@H](CSCCCCCO)C(=O)CN(C)[C@@H](CC(C)(C)O)C(=O)N[C@@H](C(C)C)C(=O)N(C)[C@@H](CC(C)C)C(=O)N[C@@H](C)C(=O)N[C@H](C)C(=O)N(C)[C@@H](CC(C)C)C(=O)N(C)[C@@H](CC(C)C)C(=O)N(C)[C@@H](C(C)C)C(=O)N1C. The molecule has 1 aliphatic heterocycles. The van der Waals surface area contributed by atoms with Crippen molar-refractivity contribution < 1.29 is 68.1 Å². The average molecular weight is 1360 g/mol. The summed E-state index contributed by atoms with van der Waals surface area (Å²) in [6, 6.07) is -14.0. The minimum absolute atomic E-state index is 0.00586. The highest BCUT2D eigenvalue weighted by atomic mass is 32.2. The van der Waals surface area contributed by atoms with Crippen molar-refractivity contribution in [2.45, 2.75) is 254 Å². The second-order valence-corrected chi connectivity index (χ2v) is 30.1. The van der Waals surface area contributed by atoms with Gasteiger partial charge in [-0.1, -0.05) is 102 Å². The first-order valence-electron chi connectivity index (χ1n) is 34.2. The second kappa shape index (κ2) is 40.9. The predicted octanol–water partition coefficient (Wildman–Crippen LogP) is 3.69. The fourth-order valence-corrected chi connectivity index (χ4v) is 13.1. The highest BCUT2D eigenvalue weighted by Gasteiger charge is 2.46. The van der Waals surface area contributed by atoms with Crippen LogP contribution in [-0.4, -0.2) is 267 Å². The van der Waals surface area contributed by atoms with E-state index in [2.05, 4.69) is 21.3 Å². The zero-order valence-corrected chi connectivity index (χ0v) is 62.9. The average Bonchev–Trinajstić information content (AvgIpc) is 0.814. The second-order valence-electron chi connectivity index (χ2n) is 29.0. The highest BCUT2D eigenvalue weighted by Crippen LogP contribution is 2.27. The van der Waals surface area contributed by atoms with E-state index in [-0.39, 0.29) is 68.6 Å². The zero-order chi connectivity index (χ0) is 73.4. The summed E-state index contributed by atoms with van der Waals surface area (Å²) in [7, 11) is 10.0. The lowest BCUT2D eigenvalue weighted by Crippen LogP contribution is -2.64. The first kappa shape index (κ1) is 87.3. The van der Waals surface area contributed by atoms with Crippen LogP contribution in [0.2, 0.25) is 0 Å². The molecule has 1 heterocycles. The number of nitrogens with zero attached hydrogens (tertiary/aromatic N) is 7. The molecule has 7 N–H and O–H groups in total. The third-order valence-corrected chi connectivity index (χ3v) is 18.9. The maximum atomic E-state index is 15.3. The Balaban J connectivity index is 4.50. The lowest BCUT2D eigenvalue weighted by Gasteiger charge is -2.41. The number of carbonyl (C=O) groups is 11. The molecule has 1 rings (SSSR count). The van der Waals surface area contributed by atoms with Crippen LogP contribution in [0.5, 0.6) is 0 Å². The highest BCUT2D eigenvalue weighted by molar-refractivity contribution is 7.99. The number of allylic oxidation sites excluding steroid dienone is 2. The smallest absolute Gasteiger partial charge is 0.246 e. The van der Waals surface area contributed by atoms with Crippen LogP contribution in [0.25, 0.3) is 0 Å². The molecule has 0 aromatic heterocycles. The van der Waals surface area contributed by atoms with Crippen LogP contribution >= 0.6 is 11.8 Å². The summed E-state index contributed by atoms with van der Waals surface area (Å²) in [5, 5.41) is 44.1. The molecule has 0 saturated carbocycles. The fourth-order valence-electron chi connectivity index (χ4n) is 11.9. The number of unbranched alkanes of at least 4 members (excludes halogenated alkanes) is 2. The molecular formula is C69H125N11O14S. The van der Waals surface area contributed by atoms with Crippen LogP contribution in [0.4, 0.5) is 0 Å². The van der Waals surface area contributed by atoms with Gasteiger partial charge < -0.3 is 66.0 Å². The Morgan fingerprint density at radius 2 is 1.01 bits per heavy atom. The maximum absolute atomic E-state index is 15.3. The van der Waals surface area contributed by atoms with Gasteiger partial charge in [-0.15, -0.1) is 0 Å². The number of ketones is 1. The molecule has 546 valence electrons. The molecule has 0 radical (unpaired) electrons. The van der Waals surface area contributed by atoms with Crippen molar-refractivity contribution in [1.29, 1.82) is 0 Å². The van der Waals surface area contributed by atoms with Crippen molar-refractivity contribution in [2.75, 3.05) is 74.0 Å². The minimum Gasteiger partial charge on any atom is -0.396 e. The van der Waals surface area contributed by atoms with Gasteiger partial charge in [-0.25, -0.2) is 0 Å². The molecule has 1 saturated heterocycles. The van der Waals surface area contributed by atoms with E-state index in [0.29, 0.717) is 25.0 Å². The van der Waals surface area contributed by atoms with E-state index in [0.717, 1.165) is 4.90 Å². The van der Waals surface area contributed by atoms with Crippen molar-refractivity contribution in [3.8, 4) is 0 Å². The molecule has 0 aromatic rings. The van der Waals surface area contributed by atoms with Crippen molar-refractivity contribution in [2.24, 2.45) is 35.5 Å². The summed E-state index contributed by atoms with van der Waals surface area (Å²) >= 11 is 1.39. The van der Waals surface area contributed by atoms with Crippen LogP contribution < -0.4 is 21.3 Å². The van der Waals surface area contributed by atoms with E-state index < -0.39 is 167 Å². The van der Waals surface area contributed by atoms with E-state index >= 15 is 24.0 Å². The van der Waals surface area contributed by atoms with Gasteiger partial charge in [0, 0.05) is 61.1 Å². The van der Waals surface area contributed by atoms with Gasteiger partial charge >= 0.3 is 0 Å². The van der Waals surface area contributed by atoms with Gasteiger partial charge in [0.05, 0.1) is 24.3 Å². The Bertz CT molecular complexity index is 2560. The third kappa shape index (κ3) is 26.6. The first-order valence-corrected chi connectivity index (χ1v) is 35.4. The molecule has 25 nitrogen and oxygen atoms in total. The number of nitrogens with one attached hydrogen (secondary N) is 4. The number of rotatable bonds is 22. The van der Waals surface area contributed by atoms with Crippen LogP contribution in [-0.2, 0) is 52.7 Å². The number of amides is 10. The van der Waals surface area contributed by atoms with Gasteiger partial charge in [0.25, 0.3) is 0 Å². The van der Waals surface area contributed by atoms with Gasteiger partial charge in [-0.05, 0) is 128 Å². The van der Waals surface area contributed by atoms with E-state index in [9.17, 15) is 44.1 Å². The number of hydrogen-bond donors (Lipinski definition) is 7. The number of hydrogen-bond acceptors (Lipinski definition) is 16. The minimum atomic E-state index is -1.65. The normalized spacial score (nSPS) is 26.6. The van der Waals surface area contributed by atoms with Gasteiger partial charge in [-0.2, -0.15) is 11.8 Å². The summed E-state index contributed by atoms with van der Waals surface area (Å²) in [4.78, 5) is 172. The number of aliphatic hydroxyl groups excluding tert-OH is 2. The molecule has 26 heteroatoms. The summed E-state index contributed by atoms with van der Waals surface area (Å²) < 4.78 is 0. The summed E-state index contributed by atoms with van der Waals surface area (Å²) in [6.07, 6.45) is 4.46. The van der Waals surface area contributed by atoms with Crippen LogP contribution in [0.3, 0.4) is 0 Å². The van der Waals surface area contributed by atoms with Gasteiger partial charge in [0.15, 0.2) is 5.78 Å². The van der Waals surface area contributed by atoms with E-state index in [1.54, 1.807) is 60.6 Å². The Morgan fingerprint density at radius 3 is 1.49 bits per heavy atom. The van der Waals surface area contributed by atoms with Crippen LogP contribution in [0.1, 0.15) is 175 Å². The molecule has 95 heavy (non-hydrogen) atoms. The maximum Gasteiger partial charge on any atom is 0.246 e. The number of thioether (sulfide) groups is 1. The first-order chi connectivity index (χ1) is 43.9. The molecule has 0 unspecified atom stereocenters. The largest absolute Gasteiger partial charge is 0.396 e. The molecule has 0 bridgehead atoms. The molecule has 1 fully saturated rings.